The molecule has 1 unspecified atom stereocenters. The lowest BCUT2D eigenvalue weighted by atomic mass is 10.2. The zero-order valence-corrected chi connectivity index (χ0v) is 14.8. The topological polar surface area (TPSA) is 118 Å². The predicted octanol–water partition coefficient (Wildman–Crippen LogP) is 1.47. The number of hydrogen-bond acceptors (Lipinski definition) is 5. The highest BCUT2D eigenvalue weighted by atomic mass is 16.6. The summed E-state index contributed by atoms with van der Waals surface area (Å²) in [7, 11) is 0. The molecule has 0 radical (unpaired) electrons. The van der Waals surface area contributed by atoms with Gasteiger partial charge in [-0.1, -0.05) is 0 Å². The third-order valence-corrected chi connectivity index (χ3v) is 2.83. The fraction of sp³-hybridized carbons (Fsp3) is 0.667. The molecule has 9 nitrogen and oxygen atoms in total. The number of anilines is 1. The average Bonchev–Trinajstić information content (AvgIpc) is 2.90. The van der Waals surface area contributed by atoms with Crippen molar-refractivity contribution in [2.45, 2.75) is 52.3 Å². The molecule has 0 saturated heterocycles. The van der Waals surface area contributed by atoms with Crippen LogP contribution in [0.25, 0.3) is 0 Å². The third kappa shape index (κ3) is 7.32. The lowest BCUT2D eigenvalue weighted by molar-refractivity contribution is 0.0483. The van der Waals surface area contributed by atoms with E-state index in [0.29, 0.717) is 5.82 Å². The Bertz CT molecular complexity index is 550. The van der Waals surface area contributed by atoms with E-state index in [9.17, 15) is 14.7 Å². The molecule has 1 rings (SSSR count). The number of aliphatic hydroxyl groups is 1. The van der Waals surface area contributed by atoms with Gasteiger partial charge in [0, 0.05) is 24.8 Å². The highest BCUT2D eigenvalue weighted by Gasteiger charge is 2.19. The molecule has 24 heavy (non-hydrogen) atoms. The molecule has 0 saturated carbocycles. The minimum absolute atomic E-state index is 0.0481. The highest BCUT2D eigenvalue weighted by molar-refractivity contribution is 5.88. The number of alkyl carbamates (subject to hydrolysis) is 1. The predicted molar refractivity (Wildman–Crippen MR) is 89.9 cm³/mol. The van der Waals surface area contributed by atoms with E-state index in [1.165, 1.54) is 0 Å². The molecule has 0 fully saturated rings. The molecule has 0 aliphatic carbocycles. The Labute approximate surface area is 141 Å². The summed E-state index contributed by atoms with van der Waals surface area (Å²) >= 11 is 0. The fourth-order valence-corrected chi connectivity index (χ4v) is 1.70. The number of aromatic nitrogens is 2. The molecule has 0 aliphatic heterocycles. The van der Waals surface area contributed by atoms with E-state index in [4.69, 9.17) is 4.74 Å². The number of aliphatic hydroxyl groups excluding tert-OH is 1. The number of urea groups is 1. The van der Waals surface area contributed by atoms with Crippen LogP contribution in [-0.2, 0) is 4.74 Å². The Morgan fingerprint density at radius 3 is 2.54 bits per heavy atom. The van der Waals surface area contributed by atoms with E-state index >= 15 is 0 Å². The fourth-order valence-electron chi connectivity index (χ4n) is 1.70. The first kappa shape index (κ1) is 19.8. The molecular weight excluding hydrogens is 314 g/mol. The van der Waals surface area contributed by atoms with Crippen LogP contribution in [-0.4, -0.2) is 51.8 Å². The maximum atomic E-state index is 11.8. The van der Waals surface area contributed by atoms with E-state index in [1.807, 2.05) is 13.8 Å². The summed E-state index contributed by atoms with van der Waals surface area (Å²) in [4.78, 5) is 23.5. The molecule has 0 aliphatic rings. The Kier molecular flexibility index (Phi) is 7.02. The Morgan fingerprint density at radius 2 is 2.04 bits per heavy atom. The van der Waals surface area contributed by atoms with Crippen molar-refractivity contribution < 1.29 is 19.4 Å². The SMILES string of the molecule is CC(C)n1ccc(NC(=O)NCC(CO)NC(=O)OC(C)(C)C)n1. The van der Waals surface area contributed by atoms with Gasteiger partial charge in [-0.3, -0.25) is 10.00 Å². The minimum Gasteiger partial charge on any atom is -0.444 e. The summed E-state index contributed by atoms with van der Waals surface area (Å²) in [5.41, 5.74) is -0.635. The number of ether oxygens (including phenoxy) is 1. The molecule has 1 aromatic rings. The van der Waals surface area contributed by atoms with Crippen molar-refractivity contribution in [3.8, 4) is 0 Å². The second kappa shape index (κ2) is 8.53. The normalized spacial score (nSPS) is 12.6. The van der Waals surface area contributed by atoms with Crippen molar-refractivity contribution in [3.63, 3.8) is 0 Å². The maximum Gasteiger partial charge on any atom is 0.408 e. The highest BCUT2D eigenvalue weighted by Crippen LogP contribution is 2.08. The number of amides is 3. The van der Waals surface area contributed by atoms with Gasteiger partial charge in [0.2, 0.25) is 0 Å². The molecule has 1 aromatic heterocycles. The Hall–Kier alpha value is -2.29. The summed E-state index contributed by atoms with van der Waals surface area (Å²) in [6.07, 6.45) is 1.11. The van der Waals surface area contributed by atoms with Gasteiger partial charge in [-0.2, -0.15) is 5.10 Å². The van der Waals surface area contributed by atoms with Gasteiger partial charge in [-0.05, 0) is 34.6 Å². The number of nitrogens with one attached hydrogen (secondary N) is 3. The lowest BCUT2D eigenvalue weighted by Crippen LogP contribution is -2.48. The summed E-state index contributed by atoms with van der Waals surface area (Å²) in [6.45, 7) is 8.89. The van der Waals surface area contributed by atoms with Crippen molar-refractivity contribution >= 4 is 17.9 Å². The van der Waals surface area contributed by atoms with Crippen molar-refractivity contribution in [1.82, 2.24) is 20.4 Å². The summed E-state index contributed by atoms with van der Waals surface area (Å²) in [5.74, 6) is 0.418. The first-order valence-corrected chi connectivity index (χ1v) is 7.81. The minimum atomic E-state index is -0.654. The van der Waals surface area contributed by atoms with Crippen LogP contribution >= 0.6 is 0 Å². The smallest absolute Gasteiger partial charge is 0.408 e. The van der Waals surface area contributed by atoms with E-state index in [0.717, 1.165) is 0 Å². The van der Waals surface area contributed by atoms with E-state index in [1.54, 1.807) is 37.7 Å². The van der Waals surface area contributed by atoms with Crippen LogP contribution in [0.2, 0.25) is 0 Å². The second-order valence-electron chi connectivity index (χ2n) is 6.64. The molecular formula is C15H27N5O4. The summed E-state index contributed by atoms with van der Waals surface area (Å²) < 4.78 is 6.81. The van der Waals surface area contributed by atoms with Gasteiger partial charge in [0.25, 0.3) is 0 Å². The molecule has 0 aromatic carbocycles. The van der Waals surface area contributed by atoms with E-state index in [-0.39, 0.29) is 19.2 Å². The lowest BCUT2D eigenvalue weighted by Gasteiger charge is -2.22. The van der Waals surface area contributed by atoms with Crippen LogP contribution in [0.5, 0.6) is 0 Å². The maximum absolute atomic E-state index is 11.8. The summed E-state index contributed by atoms with van der Waals surface area (Å²) in [5, 5.41) is 21.1. The zero-order valence-electron chi connectivity index (χ0n) is 14.8. The Morgan fingerprint density at radius 1 is 1.38 bits per heavy atom. The van der Waals surface area contributed by atoms with E-state index < -0.39 is 23.8 Å². The number of hydrogen-bond donors (Lipinski definition) is 4. The van der Waals surface area contributed by atoms with Gasteiger partial charge in [-0.15, -0.1) is 0 Å². The zero-order chi connectivity index (χ0) is 18.3. The first-order chi connectivity index (χ1) is 11.1. The number of rotatable bonds is 6. The van der Waals surface area contributed by atoms with Gasteiger partial charge in [-0.25, -0.2) is 9.59 Å². The van der Waals surface area contributed by atoms with Crippen LogP contribution in [0.1, 0.15) is 40.7 Å². The van der Waals surface area contributed by atoms with Crippen molar-refractivity contribution in [2.24, 2.45) is 0 Å². The molecule has 136 valence electrons. The van der Waals surface area contributed by atoms with Crippen molar-refractivity contribution in [2.75, 3.05) is 18.5 Å². The molecule has 3 amide bonds. The van der Waals surface area contributed by atoms with Gasteiger partial charge < -0.3 is 20.5 Å². The standard InChI is InChI=1S/C15H27N5O4/c1-10(2)20-7-6-12(19-20)18-13(22)16-8-11(9-21)17-14(23)24-15(3,4)5/h6-7,10-11,21H,8-9H2,1-5H3,(H,17,23)(H2,16,18,19,22). The molecule has 1 heterocycles. The summed E-state index contributed by atoms with van der Waals surface area (Å²) in [6, 6.07) is 0.745. The molecule has 1 atom stereocenters. The number of nitrogens with zero attached hydrogens (tertiary/aromatic N) is 2. The van der Waals surface area contributed by atoms with Crippen LogP contribution < -0.4 is 16.0 Å². The largest absolute Gasteiger partial charge is 0.444 e. The monoisotopic (exact) mass is 341 g/mol. The van der Waals surface area contributed by atoms with Gasteiger partial charge in [0.05, 0.1) is 12.6 Å². The van der Waals surface area contributed by atoms with Crippen molar-refractivity contribution in [1.29, 1.82) is 0 Å². The van der Waals surface area contributed by atoms with Gasteiger partial charge in [0.15, 0.2) is 5.82 Å². The van der Waals surface area contributed by atoms with Gasteiger partial charge >= 0.3 is 12.1 Å². The van der Waals surface area contributed by atoms with Crippen LogP contribution in [0, 0.1) is 0 Å². The molecule has 0 bridgehead atoms. The van der Waals surface area contributed by atoms with Crippen LogP contribution in [0.15, 0.2) is 12.3 Å². The van der Waals surface area contributed by atoms with Crippen LogP contribution in [0.4, 0.5) is 15.4 Å². The van der Waals surface area contributed by atoms with E-state index in [2.05, 4.69) is 21.0 Å². The third-order valence-electron chi connectivity index (χ3n) is 2.83. The second-order valence-corrected chi connectivity index (χ2v) is 6.64. The molecule has 4 N–H and O–H groups in total. The molecule has 0 spiro atoms. The molecule has 9 heteroatoms. The quantitative estimate of drug-likeness (QED) is 0.625. The average molecular weight is 341 g/mol. The number of carbonyl (C=O) groups excluding carboxylic acids is 2. The Balaban J connectivity index is 2.41. The first-order valence-electron chi connectivity index (χ1n) is 7.81. The van der Waals surface area contributed by atoms with Gasteiger partial charge in [0.1, 0.15) is 5.60 Å². The number of carbonyl (C=O) groups is 2. The van der Waals surface area contributed by atoms with Crippen LogP contribution in [0.3, 0.4) is 0 Å². The van der Waals surface area contributed by atoms with Crippen molar-refractivity contribution in [3.05, 3.63) is 12.3 Å².